The minimum atomic E-state index is -0.235. The molecule has 156 valence electrons. The van der Waals surface area contributed by atoms with Gasteiger partial charge >= 0.3 is 0 Å². The highest BCUT2D eigenvalue weighted by atomic mass is 32.1. The van der Waals surface area contributed by atoms with E-state index in [-0.39, 0.29) is 30.7 Å². The minimum absolute atomic E-state index is 0.0559. The quantitative estimate of drug-likeness (QED) is 0.607. The molecule has 3 aromatic rings. The fourth-order valence-corrected chi connectivity index (χ4v) is 4.29. The van der Waals surface area contributed by atoms with E-state index in [4.69, 9.17) is 0 Å². The van der Waals surface area contributed by atoms with Gasteiger partial charge in [-0.05, 0) is 31.7 Å². The third-order valence-electron chi connectivity index (χ3n) is 5.12. The average molecular weight is 425 g/mol. The number of nitrogens with one attached hydrogen (secondary N) is 2. The molecule has 4 rings (SSSR count). The number of carbonyl (C=O) groups is 2. The van der Waals surface area contributed by atoms with Gasteiger partial charge in [0.25, 0.3) is 0 Å². The summed E-state index contributed by atoms with van der Waals surface area (Å²) in [6, 6.07) is 10.2. The van der Waals surface area contributed by atoms with Crippen LogP contribution in [0.5, 0.6) is 0 Å². The van der Waals surface area contributed by atoms with Crippen LogP contribution in [-0.2, 0) is 22.6 Å². The monoisotopic (exact) mass is 424 g/mol. The Morgan fingerprint density at radius 3 is 2.73 bits per heavy atom. The number of hydrogen-bond acceptors (Lipinski definition) is 6. The van der Waals surface area contributed by atoms with Gasteiger partial charge in [0.2, 0.25) is 16.9 Å². The highest BCUT2D eigenvalue weighted by molar-refractivity contribution is 7.15. The Morgan fingerprint density at radius 2 is 1.97 bits per heavy atom. The summed E-state index contributed by atoms with van der Waals surface area (Å²) >= 11 is 1.31. The van der Waals surface area contributed by atoms with Crippen LogP contribution in [0, 0.1) is 6.92 Å². The molecule has 9 heteroatoms. The largest absolute Gasteiger partial charge is 0.349 e. The number of aryl methyl sites for hydroxylation is 1. The van der Waals surface area contributed by atoms with Gasteiger partial charge < -0.3 is 10.6 Å². The van der Waals surface area contributed by atoms with E-state index in [1.807, 2.05) is 36.0 Å². The van der Waals surface area contributed by atoms with E-state index in [9.17, 15) is 9.59 Å². The minimum Gasteiger partial charge on any atom is -0.349 e. The SMILES string of the molecule is Cc1nnc(NC(=O)CCC(=O)NC2CCCc3c2cnn3Cc2ccccc2)s1. The van der Waals surface area contributed by atoms with Crippen molar-refractivity contribution in [2.75, 3.05) is 5.32 Å². The molecule has 1 aliphatic carbocycles. The summed E-state index contributed by atoms with van der Waals surface area (Å²) in [5, 5.41) is 19.3. The van der Waals surface area contributed by atoms with Crippen LogP contribution in [0.25, 0.3) is 0 Å². The van der Waals surface area contributed by atoms with Gasteiger partial charge in [0.15, 0.2) is 0 Å². The van der Waals surface area contributed by atoms with Crippen molar-refractivity contribution >= 4 is 28.3 Å². The molecule has 2 amide bonds. The number of fused-ring (bicyclic) bond motifs is 1. The molecule has 2 aromatic heterocycles. The number of anilines is 1. The highest BCUT2D eigenvalue weighted by Crippen LogP contribution is 2.30. The molecular weight excluding hydrogens is 400 g/mol. The Morgan fingerprint density at radius 1 is 1.17 bits per heavy atom. The summed E-state index contributed by atoms with van der Waals surface area (Å²) in [6.07, 6.45) is 4.94. The Hall–Kier alpha value is -3.07. The first kappa shape index (κ1) is 20.2. The molecule has 0 saturated carbocycles. The summed E-state index contributed by atoms with van der Waals surface area (Å²) in [5.74, 6) is -0.367. The molecule has 0 bridgehead atoms. The van der Waals surface area contributed by atoms with Crippen LogP contribution in [0.3, 0.4) is 0 Å². The fourth-order valence-electron chi connectivity index (χ4n) is 3.68. The number of hydrogen-bond donors (Lipinski definition) is 2. The smallest absolute Gasteiger partial charge is 0.226 e. The molecule has 1 aliphatic rings. The van der Waals surface area contributed by atoms with Crippen molar-refractivity contribution < 1.29 is 9.59 Å². The average Bonchev–Trinajstić information content (AvgIpc) is 3.34. The van der Waals surface area contributed by atoms with Gasteiger partial charge in [-0.15, -0.1) is 10.2 Å². The van der Waals surface area contributed by atoms with E-state index < -0.39 is 0 Å². The van der Waals surface area contributed by atoms with Gasteiger partial charge in [0.1, 0.15) is 5.01 Å². The maximum absolute atomic E-state index is 12.4. The Balaban J connectivity index is 1.32. The van der Waals surface area contributed by atoms with Gasteiger partial charge in [0.05, 0.1) is 18.8 Å². The molecule has 30 heavy (non-hydrogen) atoms. The van der Waals surface area contributed by atoms with Crippen LogP contribution >= 0.6 is 11.3 Å². The third kappa shape index (κ3) is 4.91. The molecule has 1 atom stereocenters. The van der Waals surface area contributed by atoms with E-state index in [1.165, 1.54) is 22.6 Å². The molecule has 0 aliphatic heterocycles. The Bertz CT molecular complexity index is 1030. The summed E-state index contributed by atoms with van der Waals surface area (Å²) < 4.78 is 2.03. The van der Waals surface area contributed by atoms with Crippen molar-refractivity contribution in [3.8, 4) is 0 Å². The van der Waals surface area contributed by atoms with E-state index in [0.29, 0.717) is 5.13 Å². The first-order chi connectivity index (χ1) is 14.6. The summed E-state index contributed by atoms with van der Waals surface area (Å²) in [5.41, 5.74) is 3.46. The first-order valence-corrected chi connectivity index (χ1v) is 10.9. The summed E-state index contributed by atoms with van der Waals surface area (Å²) in [7, 11) is 0. The molecule has 0 radical (unpaired) electrons. The van der Waals surface area contributed by atoms with Crippen LogP contribution in [0.4, 0.5) is 5.13 Å². The maximum atomic E-state index is 12.4. The van der Waals surface area contributed by atoms with E-state index >= 15 is 0 Å². The molecule has 0 spiro atoms. The second kappa shape index (κ2) is 9.17. The predicted molar refractivity (Wildman–Crippen MR) is 114 cm³/mol. The molecule has 2 heterocycles. The summed E-state index contributed by atoms with van der Waals surface area (Å²) in [4.78, 5) is 24.5. The molecule has 0 saturated heterocycles. The topological polar surface area (TPSA) is 102 Å². The lowest BCUT2D eigenvalue weighted by atomic mass is 9.92. The van der Waals surface area contributed by atoms with Crippen LogP contribution in [0.2, 0.25) is 0 Å². The van der Waals surface area contributed by atoms with Crippen molar-refractivity contribution in [1.82, 2.24) is 25.3 Å². The second-order valence-corrected chi connectivity index (χ2v) is 8.56. The van der Waals surface area contributed by atoms with Gasteiger partial charge in [-0.2, -0.15) is 5.10 Å². The summed E-state index contributed by atoms with van der Waals surface area (Å²) in [6.45, 7) is 2.54. The van der Waals surface area contributed by atoms with Gasteiger partial charge in [0, 0.05) is 24.1 Å². The Labute approximate surface area is 178 Å². The zero-order chi connectivity index (χ0) is 20.9. The lowest BCUT2D eigenvalue weighted by Gasteiger charge is -2.24. The number of amides is 2. The first-order valence-electron chi connectivity index (χ1n) is 10.1. The lowest BCUT2D eigenvalue weighted by Crippen LogP contribution is -2.31. The fraction of sp³-hybridized carbons (Fsp3) is 0.381. The number of nitrogens with zero attached hydrogens (tertiary/aromatic N) is 4. The van der Waals surface area contributed by atoms with Crippen molar-refractivity contribution in [2.45, 2.75) is 51.6 Å². The lowest BCUT2D eigenvalue weighted by molar-refractivity contribution is -0.125. The number of benzene rings is 1. The molecule has 1 aromatic carbocycles. The van der Waals surface area contributed by atoms with Crippen molar-refractivity contribution in [3.63, 3.8) is 0 Å². The zero-order valence-corrected chi connectivity index (χ0v) is 17.6. The number of aromatic nitrogens is 4. The standard InChI is InChI=1S/C21H24N6O2S/c1-14-25-26-21(30-14)24-20(29)11-10-19(28)23-17-8-5-9-18-16(17)12-22-27(18)13-15-6-3-2-4-7-15/h2-4,6-7,12,17H,5,8-11,13H2,1H3,(H,23,28)(H,24,26,29). The van der Waals surface area contributed by atoms with Crippen molar-refractivity contribution in [1.29, 1.82) is 0 Å². The van der Waals surface area contributed by atoms with Crippen molar-refractivity contribution in [3.05, 3.63) is 58.4 Å². The normalized spacial score (nSPS) is 15.4. The van der Waals surface area contributed by atoms with Gasteiger partial charge in [-0.1, -0.05) is 41.7 Å². The predicted octanol–water partition coefficient (Wildman–Crippen LogP) is 3.00. The zero-order valence-electron chi connectivity index (χ0n) is 16.8. The molecule has 1 unspecified atom stereocenters. The van der Waals surface area contributed by atoms with E-state index in [2.05, 4.69) is 38.1 Å². The highest BCUT2D eigenvalue weighted by Gasteiger charge is 2.25. The number of rotatable bonds is 7. The number of carbonyl (C=O) groups excluding carboxylic acids is 2. The van der Waals surface area contributed by atoms with E-state index in [1.54, 1.807) is 0 Å². The molecule has 2 N–H and O–H groups in total. The van der Waals surface area contributed by atoms with Crippen molar-refractivity contribution in [2.24, 2.45) is 0 Å². The van der Waals surface area contributed by atoms with E-state index in [0.717, 1.165) is 36.4 Å². The van der Waals surface area contributed by atoms with Gasteiger partial charge in [-0.3, -0.25) is 14.3 Å². The molecular formula is C21H24N6O2S. The van der Waals surface area contributed by atoms with Crippen LogP contribution < -0.4 is 10.6 Å². The third-order valence-corrected chi connectivity index (χ3v) is 5.88. The van der Waals surface area contributed by atoms with Gasteiger partial charge in [-0.25, -0.2) is 0 Å². The second-order valence-electron chi connectivity index (χ2n) is 7.38. The molecule has 8 nitrogen and oxygen atoms in total. The Kier molecular flexibility index (Phi) is 6.18. The van der Waals surface area contributed by atoms with Crippen LogP contribution in [0.15, 0.2) is 36.5 Å². The van der Waals surface area contributed by atoms with Crippen LogP contribution in [0.1, 0.15) is 53.6 Å². The van der Waals surface area contributed by atoms with Crippen LogP contribution in [-0.4, -0.2) is 31.8 Å². The maximum Gasteiger partial charge on any atom is 0.226 e. The molecule has 0 fully saturated rings.